The van der Waals surface area contributed by atoms with Crippen molar-refractivity contribution in [3.8, 4) is 0 Å². The molecular weight excluding hydrogens is 314 g/mol. The molecule has 23 heavy (non-hydrogen) atoms. The molecule has 1 heterocycles. The molecule has 1 aliphatic rings. The second-order valence-electron chi connectivity index (χ2n) is 5.68. The van der Waals surface area contributed by atoms with E-state index in [4.69, 9.17) is 16.3 Å². The third-order valence-corrected chi connectivity index (χ3v) is 4.16. The molecule has 1 atom stereocenters. The summed E-state index contributed by atoms with van der Waals surface area (Å²) in [5, 5.41) is 3.25. The molecule has 5 heteroatoms. The van der Waals surface area contributed by atoms with Crippen LogP contribution >= 0.6 is 11.6 Å². The molecule has 0 fully saturated rings. The summed E-state index contributed by atoms with van der Waals surface area (Å²) in [6.07, 6.45) is -0.495. The van der Waals surface area contributed by atoms with E-state index in [-0.39, 0.29) is 5.91 Å². The van der Waals surface area contributed by atoms with E-state index in [2.05, 4.69) is 5.32 Å². The first-order chi connectivity index (χ1) is 11.0. The van der Waals surface area contributed by atoms with Crippen LogP contribution in [0, 0.1) is 13.8 Å². The van der Waals surface area contributed by atoms with Crippen molar-refractivity contribution in [3.05, 3.63) is 63.7 Å². The van der Waals surface area contributed by atoms with Crippen molar-refractivity contribution in [1.29, 1.82) is 0 Å². The zero-order chi connectivity index (χ0) is 16.6. The van der Waals surface area contributed by atoms with Crippen molar-refractivity contribution >= 4 is 29.2 Å². The lowest BCUT2D eigenvalue weighted by Crippen LogP contribution is -2.38. The standard InChI is InChI=1S/C18H16ClNO3/c1-10-7-11(2)16(14(19)8-10)20-17(21)15-9-12-5-3-4-6-13(12)18(22)23-15/h3-8,15H,9H2,1-2H3,(H,20,21). The zero-order valence-electron chi connectivity index (χ0n) is 12.9. The van der Waals surface area contributed by atoms with Crippen LogP contribution in [0.4, 0.5) is 5.69 Å². The molecule has 2 aromatic carbocycles. The first kappa shape index (κ1) is 15.6. The van der Waals surface area contributed by atoms with E-state index in [1.807, 2.05) is 32.0 Å². The SMILES string of the molecule is Cc1cc(C)c(NC(=O)C2Cc3ccccc3C(=O)O2)c(Cl)c1. The highest BCUT2D eigenvalue weighted by molar-refractivity contribution is 6.34. The van der Waals surface area contributed by atoms with Gasteiger partial charge in [0, 0.05) is 6.42 Å². The van der Waals surface area contributed by atoms with Crippen LogP contribution in [0.2, 0.25) is 5.02 Å². The second-order valence-corrected chi connectivity index (χ2v) is 6.09. The van der Waals surface area contributed by atoms with Gasteiger partial charge in [0.2, 0.25) is 0 Å². The van der Waals surface area contributed by atoms with Gasteiger partial charge in [0.25, 0.3) is 5.91 Å². The Kier molecular flexibility index (Phi) is 4.09. The van der Waals surface area contributed by atoms with E-state index in [0.29, 0.717) is 22.7 Å². The number of cyclic esters (lactones) is 1. The summed E-state index contributed by atoms with van der Waals surface area (Å²) in [5.74, 6) is -0.847. The fourth-order valence-corrected chi connectivity index (χ4v) is 3.12. The van der Waals surface area contributed by atoms with Crippen molar-refractivity contribution < 1.29 is 14.3 Å². The quantitative estimate of drug-likeness (QED) is 0.855. The Labute approximate surface area is 139 Å². The van der Waals surface area contributed by atoms with Crippen LogP contribution in [0.1, 0.15) is 27.0 Å². The number of aryl methyl sites for hydroxylation is 2. The molecule has 3 rings (SSSR count). The summed E-state index contributed by atoms with van der Waals surface area (Å²) in [6.45, 7) is 3.81. The van der Waals surface area contributed by atoms with Gasteiger partial charge in [-0.25, -0.2) is 4.79 Å². The first-order valence-corrected chi connectivity index (χ1v) is 7.70. The molecule has 0 bridgehead atoms. The lowest BCUT2D eigenvalue weighted by Gasteiger charge is -2.24. The number of ether oxygens (including phenoxy) is 1. The Hall–Kier alpha value is -2.33. The smallest absolute Gasteiger partial charge is 0.339 e. The minimum Gasteiger partial charge on any atom is -0.448 e. The number of carbonyl (C=O) groups is 2. The van der Waals surface area contributed by atoms with Gasteiger partial charge >= 0.3 is 5.97 Å². The maximum atomic E-state index is 12.5. The Morgan fingerprint density at radius 3 is 2.74 bits per heavy atom. The lowest BCUT2D eigenvalue weighted by molar-refractivity contribution is -0.125. The monoisotopic (exact) mass is 329 g/mol. The van der Waals surface area contributed by atoms with E-state index in [0.717, 1.165) is 16.7 Å². The van der Waals surface area contributed by atoms with Crippen LogP contribution in [0.15, 0.2) is 36.4 Å². The van der Waals surface area contributed by atoms with Crippen molar-refractivity contribution in [2.45, 2.75) is 26.4 Å². The summed E-state index contributed by atoms with van der Waals surface area (Å²) < 4.78 is 5.26. The van der Waals surface area contributed by atoms with Crippen LogP contribution in [0.3, 0.4) is 0 Å². The third-order valence-electron chi connectivity index (χ3n) is 3.86. The Bertz CT molecular complexity index is 778. The number of carbonyl (C=O) groups excluding carboxylic acids is 2. The fraction of sp³-hybridized carbons (Fsp3) is 0.222. The van der Waals surface area contributed by atoms with Crippen LogP contribution in [-0.2, 0) is 16.0 Å². The van der Waals surface area contributed by atoms with Crippen molar-refractivity contribution in [1.82, 2.24) is 0 Å². The molecule has 0 saturated carbocycles. The van der Waals surface area contributed by atoms with Gasteiger partial charge in [0.05, 0.1) is 16.3 Å². The van der Waals surface area contributed by atoms with Gasteiger partial charge in [0.15, 0.2) is 6.10 Å². The highest BCUT2D eigenvalue weighted by Crippen LogP contribution is 2.28. The minimum atomic E-state index is -0.853. The van der Waals surface area contributed by atoms with Crippen molar-refractivity contribution in [3.63, 3.8) is 0 Å². The van der Waals surface area contributed by atoms with E-state index >= 15 is 0 Å². The molecule has 0 spiro atoms. The number of fused-ring (bicyclic) bond motifs is 1. The largest absolute Gasteiger partial charge is 0.448 e. The molecule has 0 aromatic heterocycles. The first-order valence-electron chi connectivity index (χ1n) is 7.32. The molecule has 1 unspecified atom stereocenters. The number of hydrogen-bond acceptors (Lipinski definition) is 3. The topological polar surface area (TPSA) is 55.4 Å². The molecule has 1 aliphatic heterocycles. The molecule has 1 amide bonds. The van der Waals surface area contributed by atoms with Gasteiger partial charge in [-0.1, -0.05) is 35.9 Å². The predicted octanol–water partition coefficient (Wildman–Crippen LogP) is 3.68. The number of amides is 1. The number of nitrogens with one attached hydrogen (secondary N) is 1. The third kappa shape index (κ3) is 3.08. The van der Waals surface area contributed by atoms with Crippen molar-refractivity contribution in [2.75, 3.05) is 5.32 Å². The normalized spacial score (nSPS) is 16.5. The number of rotatable bonds is 2. The van der Waals surface area contributed by atoms with Crippen LogP contribution in [0.25, 0.3) is 0 Å². The van der Waals surface area contributed by atoms with Crippen LogP contribution < -0.4 is 5.32 Å². The van der Waals surface area contributed by atoms with E-state index < -0.39 is 12.1 Å². The average Bonchev–Trinajstić information content (AvgIpc) is 2.50. The fourth-order valence-electron chi connectivity index (χ4n) is 2.76. The zero-order valence-corrected chi connectivity index (χ0v) is 13.6. The highest BCUT2D eigenvalue weighted by Gasteiger charge is 2.31. The number of anilines is 1. The maximum absolute atomic E-state index is 12.5. The predicted molar refractivity (Wildman–Crippen MR) is 88.9 cm³/mol. The van der Waals surface area contributed by atoms with Gasteiger partial charge in [0.1, 0.15) is 0 Å². The Balaban J connectivity index is 1.82. The Morgan fingerprint density at radius 2 is 2.00 bits per heavy atom. The molecule has 0 aliphatic carbocycles. The summed E-state index contributed by atoms with van der Waals surface area (Å²) in [7, 11) is 0. The van der Waals surface area contributed by atoms with Gasteiger partial charge in [-0.15, -0.1) is 0 Å². The van der Waals surface area contributed by atoms with E-state index in [1.165, 1.54) is 0 Å². The number of benzene rings is 2. The van der Waals surface area contributed by atoms with Crippen LogP contribution in [-0.4, -0.2) is 18.0 Å². The van der Waals surface area contributed by atoms with Gasteiger partial charge in [-0.05, 0) is 42.7 Å². The molecular formula is C18H16ClNO3. The summed E-state index contributed by atoms with van der Waals surface area (Å²) in [6, 6.07) is 10.9. The molecule has 118 valence electrons. The molecule has 0 radical (unpaired) electrons. The minimum absolute atomic E-state index is 0.357. The lowest BCUT2D eigenvalue weighted by atomic mass is 9.98. The summed E-state index contributed by atoms with van der Waals surface area (Å²) >= 11 is 6.21. The average molecular weight is 330 g/mol. The van der Waals surface area contributed by atoms with E-state index in [1.54, 1.807) is 18.2 Å². The number of halogens is 1. The second kappa shape index (κ2) is 6.05. The van der Waals surface area contributed by atoms with Gasteiger partial charge < -0.3 is 10.1 Å². The van der Waals surface area contributed by atoms with Gasteiger partial charge in [-0.3, -0.25) is 4.79 Å². The summed E-state index contributed by atoms with van der Waals surface area (Å²) in [5.41, 5.74) is 3.77. The van der Waals surface area contributed by atoms with Crippen LogP contribution in [0.5, 0.6) is 0 Å². The maximum Gasteiger partial charge on any atom is 0.339 e. The van der Waals surface area contributed by atoms with Gasteiger partial charge in [-0.2, -0.15) is 0 Å². The number of hydrogen-bond donors (Lipinski definition) is 1. The van der Waals surface area contributed by atoms with Crippen molar-refractivity contribution in [2.24, 2.45) is 0 Å². The highest BCUT2D eigenvalue weighted by atomic mass is 35.5. The molecule has 0 saturated heterocycles. The van der Waals surface area contributed by atoms with E-state index in [9.17, 15) is 9.59 Å². The Morgan fingerprint density at radius 1 is 1.26 bits per heavy atom. The summed E-state index contributed by atoms with van der Waals surface area (Å²) in [4.78, 5) is 24.5. The molecule has 1 N–H and O–H groups in total. The number of esters is 1. The molecule has 4 nitrogen and oxygen atoms in total. The molecule has 2 aromatic rings.